The summed E-state index contributed by atoms with van der Waals surface area (Å²) in [7, 11) is -1.46. The van der Waals surface area contributed by atoms with Crippen molar-refractivity contribution in [2.45, 2.75) is 37.6 Å². The molecule has 2 aliphatic heterocycles. The number of benzene rings is 1. The Morgan fingerprint density at radius 1 is 1.33 bits per heavy atom. The second-order valence-corrected chi connectivity index (χ2v) is 9.98. The Morgan fingerprint density at radius 2 is 2.11 bits per heavy atom. The number of carbonyl (C=O) groups is 1. The first-order valence-electron chi connectivity index (χ1n) is 10.8. The fourth-order valence-corrected chi connectivity index (χ4v) is 5.72. The minimum absolute atomic E-state index is 0.0547. The highest BCUT2D eigenvalue weighted by Crippen LogP contribution is 2.59. The Labute approximate surface area is 204 Å². The number of ether oxygens (including phenoxy) is 3. The van der Waals surface area contributed by atoms with Crippen LogP contribution < -0.4 is 10.5 Å². The number of rotatable bonds is 6. The van der Waals surface area contributed by atoms with E-state index in [1.165, 1.54) is 32.0 Å². The molecule has 4 heterocycles. The zero-order chi connectivity index (χ0) is 25.7. The summed E-state index contributed by atoms with van der Waals surface area (Å²) in [5.41, 5.74) is 5.34. The maximum absolute atomic E-state index is 13.3. The maximum Gasteiger partial charge on any atom is 0.475 e. The molecule has 2 aliphatic rings. The van der Waals surface area contributed by atoms with Gasteiger partial charge in [0.05, 0.1) is 39.3 Å². The smallest absolute Gasteiger partial charge is 0.475 e. The molecule has 5 rings (SSSR count). The van der Waals surface area contributed by atoms with Gasteiger partial charge >= 0.3 is 13.8 Å². The Balaban J connectivity index is 1.38. The minimum Gasteiger partial charge on any atom is -0.479 e. The molecular weight excluding hydrogens is 497 g/mol. The molecule has 2 aromatic heterocycles. The number of nitrogen functional groups attached to an aromatic ring is 1. The molecule has 14 nitrogen and oxygen atoms in total. The van der Waals surface area contributed by atoms with Crippen molar-refractivity contribution < 1.29 is 42.2 Å². The number of nitrogens with two attached hydrogens (primary N) is 1. The van der Waals surface area contributed by atoms with Gasteiger partial charge in [-0.25, -0.2) is 14.3 Å². The van der Waals surface area contributed by atoms with Crippen LogP contribution in [-0.2, 0) is 34.2 Å². The van der Waals surface area contributed by atoms with E-state index in [-0.39, 0.29) is 36.3 Å². The molecule has 3 N–H and O–H groups in total. The number of carbonyl (C=O) groups excluding carboxylic acids is 1. The highest BCUT2D eigenvalue weighted by molar-refractivity contribution is 7.48. The van der Waals surface area contributed by atoms with Gasteiger partial charge in [0.1, 0.15) is 17.8 Å². The lowest BCUT2D eigenvalue weighted by Gasteiger charge is -2.35. The van der Waals surface area contributed by atoms with Crippen LogP contribution in [0, 0.1) is 0 Å². The van der Waals surface area contributed by atoms with Crippen molar-refractivity contribution in [1.29, 1.82) is 0 Å². The second kappa shape index (κ2) is 9.07. The van der Waals surface area contributed by atoms with Gasteiger partial charge in [0.15, 0.2) is 17.4 Å². The standard InChI is InChI=1S/C21H24N5O9P/c1-21(28)15-13(34-19(21)26-10-23-14-16(26)24-20(22)25-17(14)30-2)9-33-36(29,35-15)32-8-11-6-4-5-7-12(11)18(27)31-3/h4-7,10,13,15,19,28H,8-9H2,1-3H3,(H2,22,24,25)/t13-,15-,19-,21-,36?/m1/s1. The summed E-state index contributed by atoms with van der Waals surface area (Å²) in [5.74, 6) is -0.460. The van der Waals surface area contributed by atoms with Crippen LogP contribution in [0.5, 0.6) is 5.88 Å². The number of fused-ring (bicyclic) bond motifs is 2. The molecule has 0 bridgehead atoms. The average molecular weight is 521 g/mol. The maximum atomic E-state index is 13.3. The van der Waals surface area contributed by atoms with Crippen molar-refractivity contribution in [2.24, 2.45) is 0 Å². The molecular formula is C21H24N5O9P. The van der Waals surface area contributed by atoms with Gasteiger partial charge in [0, 0.05) is 0 Å². The summed E-state index contributed by atoms with van der Waals surface area (Å²) in [6, 6.07) is 6.54. The summed E-state index contributed by atoms with van der Waals surface area (Å²) in [6.07, 6.45) is -1.52. The minimum atomic E-state index is -4.14. The number of anilines is 1. The van der Waals surface area contributed by atoms with Crippen molar-refractivity contribution in [1.82, 2.24) is 19.5 Å². The fourth-order valence-electron chi connectivity index (χ4n) is 4.27. The number of phosphoric acid groups is 1. The van der Waals surface area contributed by atoms with Gasteiger partial charge < -0.3 is 25.1 Å². The van der Waals surface area contributed by atoms with Gasteiger partial charge in [0.2, 0.25) is 11.8 Å². The third kappa shape index (κ3) is 4.11. The Morgan fingerprint density at radius 3 is 2.86 bits per heavy atom. The topological polar surface area (TPSA) is 179 Å². The number of phosphoric ester groups is 1. The number of hydrogen-bond donors (Lipinski definition) is 2. The van der Waals surface area contributed by atoms with E-state index in [4.69, 9.17) is 33.5 Å². The van der Waals surface area contributed by atoms with E-state index in [1.807, 2.05) is 0 Å². The van der Waals surface area contributed by atoms with Crippen LogP contribution >= 0.6 is 7.82 Å². The SMILES string of the molecule is COC(=O)c1ccccc1COP1(=O)OC[C@H]2O[C@@H](n3cnc4c(OC)nc(N)nc43)[C@](C)(O)[C@@H]2O1. The van der Waals surface area contributed by atoms with Crippen LogP contribution in [0.3, 0.4) is 0 Å². The largest absolute Gasteiger partial charge is 0.479 e. The van der Waals surface area contributed by atoms with E-state index < -0.39 is 37.8 Å². The third-order valence-electron chi connectivity index (χ3n) is 6.01. The van der Waals surface area contributed by atoms with Crippen LogP contribution in [0.25, 0.3) is 11.2 Å². The summed E-state index contributed by atoms with van der Waals surface area (Å²) in [4.78, 5) is 24.5. The van der Waals surface area contributed by atoms with Gasteiger partial charge in [-0.15, -0.1) is 0 Å². The van der Waals surface area contributed by atoms with E-state index in [0.29, 0.717) is 11.1 Å². The van der Waals surface area contributed by atoms with Crippen LogP contribution in [-0.4, -0.2) is 69.2 Å². The summed E-state index contributed by atoms with van der Waals surface area (Å²) >= 11 is 0. The monoisotopic (exact) mass is 521 g/mol. The first-order valence-corrected chi connectivity index (χ1v) is 12.3. The van der Waals surface area contributed by atoms with Crippen molar-refractivity contribution in [2.75, 3.05) is 26.6 Å². The summed E-state index contributed by atoms with van der Waals surface area (Å²) in [5, 5.41) is 11.4. The lowest BCUT2D eigenvalue weighted by atomic mass is 9.96. The van der Waals surface area contributed by atoms with E-state index in [2.05, 4.69) is 15.0 Å². The van der Waals surface area contributed by atoms with Crippen LogP contribution in [0.1, 0.15) is 29.1 Å². The highest BCUT2D eigenvalue weighted by atomic mass is 31.2. The van der Waals surface area contributed by atoms with Crippen molar-refractivity contribution >= 4 is 30.9 Å². The number of hydrogen-bond acceptors (Lipinski definition) is 13. The number of aromatic nitrogens is 4. The van der Waals surface area contributed by atoms with Gasteiger partial charge in [0.25, 0.3) is 0 Å². The predicted octanol–water partition coefficient (Wildman–Crippen LogP) is 1.59. The molecule has 0 aliphatic carbocycles. The number of nitrogens with zero attached hydrogens (tertiary/aromatic N) is 4. The molecule has 192 valence electrons. The Hall–Kier alpha value is -3.13. The van der Waals surface area contributed by atoms with Gasteiger partial charge in [-0.2, -0.15) is 9.97 Å². The number of aliphatic hydroxyl groups is 1. The van der Waals surface area contributed by atoms with E-state index in [0.717, 1.165) is 0 Å². The third-order valence-corrected chi connectivity index (χ3v) is 7.41. The molecule has 36 heavy (non-hydrogen) atoms. The van der Waals surface area contributed by atoms with Gasteiger partial charge in [-0.05, 0) is 18.6 Å². The van der Waals surface area contributed by atoms with Crippen molar-refractivity contribution in [3.8, 4) is 5.88 Å². The van der Waals surface area contributed by atoms with Crippen LogP contribution in [0.15, 0.2) is 30.6 Å². The fraction of sp³-hybridized carbons (Fsp3) is 0.429. The lowest BCUT2D eigenvalue weighted by Crippen LogP contribution is -2.47. The summed E-state index contributed by atoms with van der Waals surface area (Å²) in [6.45, 7) is 1.03. The lowest BCUT2D eigenvalue weighted by molar-refractivity contribution is -0.0911. The second-order valence-electron chi connectivity index (χ2n) is 8.36. The number of esters is 1. The Bertz CT molecular complexity index is 1360. The molecule has 15 heteroatoms. The molecule has 0 radical (unpaired) electrons. The molecule has 3 aromatic rings. The van der Waals surface area contributed by atoms with Gasteiger partial charge in [-0.1, -0.05) is 18.2 Å². The molecule has 1 aromatic carbocycles. The molecule has 1 unspecified atom stereocenters. The molecule has 2 saturated heterocycles. The first kappa shape index (κ1) is 24.6. The van der Waals surface area contributed by atoms with Crippen molar-refractivity contribution in [3.63, 3.8) is 0 Å². The molecule has 2 fully saturated rings. The first-order chi connectivity index (χ1) is 17.2. The van der Waals surface area contributed by atoms with Crippen molar-refractivity contribution in [3.05, 3.63) is 41.7 Å². The molecule has 0 spiro atoms. The Kier molecular flexibility index (Phi) is 6.19. The molecule has 0 amide bonds. The number of imidazole rings is 1. The quantitative estimate of drug-likeness (QED) is 0.353. The van der Waals surface area contributed by atoms with Crippen LogP contribution in [0.2, 0.25) is 0 Å². The summed E-state index contributed by atoms with van der Waals surface area (Å²) < 4.78 is 47.3. The van der Waals surface area contributed by atoms with Gasteiger partial charge in [-0.3, -0.25) is 18.1 Å². The van der Waals surface area contributed by atoms with E-state index in [9.17, 15) is 14.5 Å². The van der Waals surface area contributed by atoms with E-state index >= 15 is 0 Å². The zero-order valence-electron chi connectivity index (χ0n) is 19.6. The normalized spacial score (nSPS) is 29.7. The number of methoxy groups -OCH3 is 2. The highest BCUT2D eigenvalue weighted by Gasteiger charge is 2.60. The zero-order valence-corrected chi connectivity index (χ0v) is 20.5. The molecule has 0 saturated carbocycles. The predicted molar refractivity (Wildman–Crippen MR) is 122 cm³/mol. The average Bonchev–Trinajstić information content (AvgIpc) is 3.39. The van der Waals surface area contributed by atoms with Crippen LogP contribution in [0.4, 0.5) is 5.95 Å². The molecule has 5 atom stereocenters. The van der Waals surface area contributed by atoms with E-state index in [1.54, 1.807) is 24.3 Å².